The van der Waals surface area contributed by atoms with Gasteiger partial charge in [-0.25, -0.2) is 8.78 Å². The number of methoxy groups -OCH3 is 2. The molecule has 36 heavy (non-hydrogen) atoms. The number of benzene rings is 2. The molecule has 0 atom stereocenters. The normalized spacial score (nSPS) is 14.9. The van der Waals surface area contributed by atoms with Gasteiger partial charge >= 0.3 is 0 Å². The van der Waals surface area contributed by atoms with Gasteiger partial charge in [0.15, 0.2) is 29.0 Å². The molecule has 1 amide bonds. The van der Waals surface area contributed by atoms with Crippen LogP contribution in [0.5, 0.6) is 5.75 Å². The van der Waals surface area contributed by atoms with Gasteiger partial charge in [-0.15, -0.1) is 0 Å². The molecule has 4 rings (SSSR count). The van der Waals surface area contributed by atoms with Gasteiger partial charge in [0.2, 0.25) is 0 Å². The van der Waals surface area contributed by atoms with E-state index in [0.29, 0.717) is 32.5 Å². The third-order valence-electron chi connectivity index (χ3n) is 6.14. The van der Waals surface area contributed by atoms with Crippen LogP contribution in [0.2, 0.25) is 0 Å². The molecule has 1 aromatic heterocycles. The molecule has 1 saturated heterocycles. The lowest BCUT2D eigenvalue weighted by Gasteiger charge is -2.32. The molecule has 3 aromatic rings. The van der Waals surface area contributed by atoms with Crippen molar-refractivity contribution in [3.8, 4) is 5.75 Å². The Kier molecular flexibility index (Phi) is 8.29. The summed E-state index contributed by atoms with van der Waals surface area (Å²) < 4.78 is 48.9. The summed E-state index contributed by atoms with van der Waals surface area (Å²) in [5, 5.41) is 3.10. The Bertz CT molecular complexity index is 1270. The van der Waals surface area contributed by atoms with Gasteiger partial charge in [0, 0.05) is 52.0 Å². The maximum absolute atomic E-state index is 14.5. The first-order valence-corrected chi connectivity index (χ1v) is 11.6. The van der Waals surface area contributed by atoms with E-state index in [1.54, 1.807) is 6.07 Å². The summed E-state index contributed by atoms with van der Waals surface area (Å²) in [4.78, 5) is 27.1. The molecule has 0 radical (unpaired) electrons. The number of nitrogens with zero attached hydrogens (tertiary/aromatic N) is 1. The Morgan fingerprint density at radius 1 is 1.11 bits per heavy atom. The van der Waals surface area contributed by atoms with Crippen LogP contribution in [0, 0.1) is 11.6 Å². The van der Waals surface area contributed by atoms with Crippen molar-refractivity contribution >= 4 is 16.9 Å². The van der Waals surface area contributed by atoms with Crippen LogP contribution >= 0.6 is 0 Å². The first-order chi connectivity index (χ1) is 17.4. The highest BCUT2D eigenvalue weighted by Crippen LogP contribution is 2.21. The molecular formula is C26H28F2N2O6. The van der Waals surface area contributed by atoms with Gasteiger partial charge in [0.1, 0.15) is 18.0 Å². The van der Waals surface area contributed by atoms with Crippen molar-refractivity contribution in [2.24, 2.45) is 0 Å². The van der Waals surface area contributed by atoms with E-state index in [0.717, 1.165) is 17.7 Å². The van der Waals surface area contributed by atoms with E-state index in [4.69, 9.17) is 18.6 Å². The second kappa shape index (κ2) is 11.6. The van der Waals surface area contributed by atoms with Gasteiger partial charge < -0.3 is 23.9 Å². The summed E-state index contributed by atoms with van der Waals surface area (Å²) in [5.74, 6) is -1.55. The summed E-state index contributed by atoms with van der Waals surface area (Å²) in [7, 11) is 2.96. The largest absolute Gasteiger partial charge is 0.485 e. The SMILES string of the molecule is COC(COc1ccc(CN2CCC(NC(=O)c3cc(=O)c4ccc(F)cc4o3)CC2)cc1F)OC. The molecule has 0 saturated carbocycles. The quantitative estimate of drug-likeness (QED) is 0.448. The lowest BCUT2D eigenvalue weighted by Crippen LogP contribution is -2.44. The topological polar surface area (TPSA) is 90.2 Å². The smallest absolute Gasteiger partial charge is 0.287 e. The number of piperidine rings is 1. The highest BCUT2D eigenvalue weighted by atomic mass is 19.1. The van der Waals surface area contributed by atoms with E-state index in [1.165, 1.54) is 32.4 Å². The van der Waals surface area contributed by atoms with Crippen LogP contribution < -0.4 is 15.5 Å². The summed E-state index contributed by atoms with van der Waals surface area (Å²) in [6.45, 7) is 2.02. The number of halogens is 2. The Hall–Kier alpha value is -3.34. The number of hydrogen-bond acceptors (Lipinski definition) is 7. The van der Waals surface area contributed by atoms with Gasteiger partial charge in [-0.2, -0.15) is 0 Å². The zero-order chi connectivity index (χ0) is 25.7. The fraction of sp³-hybridized carbons (Fsp3) is 0.385. The Balaban J connectivity index is 1.29. The molecule has 8 nitrogen and oxygen atoms in total. The summed E-state index contributed by atoms with van der Waals surface area (Å²) in [6.07, 6.45) is 0.778. The standard InChI is InChI=1S/C26H28F2N2O6/c1-33-25(34-2)15-35-22-6-3-16(11-20(22)28)14-30-9-7-18(8-10-30)29-26(32)24-13-21(31)19-5-4-17(27)12-23(19)36-24/h3-6,11-13,18,25H,7-10,14-15H2,1-2H3,(H,29,32). The minimum absolute atomic E-state index is 0.0309. The molecule has 1 aliphatic rings. The van der Waals surface area contributed by atoms with E-state index < -0.39 is 29.3 Å². The van der Waals surface area contributed by atoms with Crippen LogP contribution in [0.4, 0.5) is 8.78 Å². The molecule has 0 aliphatic carbocycles. The first kappa shape index (κ1) is 25.7. The van der Waals surface area contributed by atoms with Crippen molar-refractivity contribution in [2.75, 3.05) is 33.9 Å². The van der Waals surface area contributed by atoms with Crippen molar-refractivity contribution in [3.63, 3.8) is 0 Å². The fourth-order valence-corrected chi connectivity index (χ4v) is 4.14. The summed E-state index contributed by atoms with van der Waals surface area (Å²) in [5.41, 5.74) is 0.433. The van der Waals surface area contributed by atoms with Crippen LogP contribution in [0.25, 0.3) is 11.0 Å². The molecule has 192 valence electrons. The number of carbonyl (C=O) groups excluding carboxylic acids is 1. The number of rotatable bonds is 9. The van der Waals surface area contributed by atoms with Crippen molar-refractivity contribution in [2.45, 2.75) is 31.7 Å². The van der Waals surface area contributed by atoms with Crippen LogP contribution in [0.1, 0.15) is 29.0 Å². The average molecular weight is 503 g/mol. The minimum atomic E-state index is -0.578. The molecule has 1 fully saturated rings. The van der Waals surface area contributed by atoms with Crippen LogP contribution in [0.15, 0.2) is 51.7 Å². The lowest BCUT2D eigenvalue weighted by molar-refractivity contribution is -0.122. The number of likely N-dealkylation sites (tertiary alicyclic amines) is 1. The number of carbonyl (C=O) groups is 1. The number of hydrogen-bond donors (Lipinski definition) is 1. The minimum Gasteiger partial charge on any atom is -0.485 e. The predicted molar refractivity (Wildman–Crippen MR) is 128 cm³/mol. The first-order valence-electron chi connectivity index (χ1n) is 11.6. The second-order valence-corrected chi connectivity index (χ2v) is 8.62. The van der Waals surface area contributed by atoms with Crippen LogP contribution in [-0.4, -0.2) is 57.1 Å². The van der Waals surface area contributed by atoms with Gasteiger partial charge in [-0.3, -0.25) is 14.5 Å². The molecule has 2 heterocycles. The molecule has 1 aliphatic heterocycles. The third-order valence-corrected chi connectivity index (χ3v) is 6.14. The maximum atomic E-state index is 14.5. The number of ether oxygens (including phenoxy) is 3. The second-order valence-electron chi connectivity index (χ2n) is 8.62. The molecule has 0 bridgehead atoms. The average Bonchev–Trinajstić information content (AvgIpc) is 2.86. The van der Waals surface area contributed by atoms with Crippen molar-refractivity contribution in [1.29, 1.82) is 0 Å². The molecule has 1 N–H and O–H groups in total. The number of fused-ring (bicyclic) bond motifs is 1. The number of amides is 1. The van der Waals surface area contributed by atoms with Gasteiger partial charge in [0.05, 0.1) is 5.39 Å². The van der Waals surface area contributed by atoms with Gasteiger partial charge in [-0.1, -0.05) is 6.07 Å². The Morgan fingerprint density at radius 3 is 2.56 bits per heavy atom. The Labute approximate surface area is 206 Å². The monoisotopic (exact) mass is 502 g/mol. The highest BCUT2D eigenvalue weighted by molar-refractivity contribution is 5.93. The van der Waals surface area contributed by atoms with Crippen molar-refractivity contribution in [3.05, 3.63) is 75.6 Å². The molecule has 2 aromatic carbocycles. The third kappa shape index (κ3) is 6.26. The zero-order valence-corrected chi connectivity index (χ0v) is 20.1. The van der Waals surface area contributed by atoms with E-state index >= 15 is 0 Å². The molecule has 0 unspecified atom stereocenters. The fourth-order valence-electron chi connectivity index (χ4n) is 4.14. The van der Waals surface area contributed by atoms with Crippen molar-refractivity contribution in [1.82, 2.24) is 10.2 Å². The highest BCUT2D eigenvalue weighted by Gasteiger charge is 2.23. The lowest BCUT2D eigenvalue weighted by atomic mass is 10.0. The summed E-state index contributed by atoms with van der Waals surface area (Å²) in [6, 6.07) is 9.45. The van der Waals surface area contributed by atoms with E-state index in [2.05, 4.69) is 10.2 Å². The van der Waals surface area contributed by atoms with E-state index in [-0.39, 0.29) is 35.1 Å². The van der Waals surface area contributed by atoms with Crippen LogP contribution in [-0.2, 0) is 16.0 Å². The van der Waals surface area contributed by atoms with Crippen LogP contribution in [0.3, 0.4) is 0 Å². The summed E-state index contributed by atoms with van der Waals surface area (Å²) >= 11 is 0. The Morgan fingerprint density at radius 2 is 1.86 bits per heavy atom. The number of nitrogens with one attached hydrogen (secondary N) is 1. The molecule has 10 heteroatoms. The molecule has 0 spiro atoms. The van der Waals surface area contributed by atoms with Gasteiger partial charge in [0.25, 0.3) is 5.91 Å². The zero-order valence-electron chi connectivity index (χ0n) is 20.1. The maximum Gasteiger partial charge on any atom is 0.287 e. The van der Waals surface area contributed by atoms with E-state index in [1.807, 2.05) is 6.07 Å². The predicted octanol–water partition coefficient (Wildman–Crippen LogP) is 3.46. The van der Waals surface area contributed by atoms with E-state index in [9.17, 15) is 18.4 Å². The molecular weight excluding hydrogens is 474 g/mol. The van der Waals surface area contributed by atoms with Gasteiger partial charge in [-0.05, 0) is 42.7 Å². The van der Waals surface area contributed by atoms with Crippen molar-refractivity contribution < 1.29 is 32.2 Å².